The van der Waals surface area contributed by atoms with Crippen LogP contribution in [0, 0.1) is 6.92 Å². The summed E-state index contributed by atoms with van der Waals surface area (Å²) in [7, 11) is 0. The quantitative estimate of drug-likeness (QED) is 0.771. The Kier molecular flexibility index (Phi) is 4.11. The summed E-state index contributed by atoms with van der Waals surface area (Å²) >= 11 is 0. The molecule has 1 N–H and O–H groups in total. The number of phenolic OH excluding ortho intramolecular Hbond substituents is 1. The minimum atomic E-state index is -0.901. The van der Waals surface area contributed by atoms with Crippen molar-refractivity contribution in [2.75, 3.05) is 0 Å². The molecule has 0 bridgehead atoms. The summed E-state index contributed by atoms with van der Waals surface area (Å²) in [6.45, 7) is 1.73. The molecule has 8 nitrogen and oxygen atoms in total. The molecule has 0 radical (unpaired) electrons. The Bertz CT molecular complexity index is 967. The average molecular weight is 353 g/mol. The minimum Gasteiger partial charge on any atom is -0.507 e. The van der Waals surface area contributed by atoms with Crippen LogP contribution in [-0.2, 0) is 0 Å². The standard InChI is InChI=1S/C17H16FN7O/c1-10-20-24-25(23-10)13-5-6-14(16(26)8-13)17-19-9-12(21-22-17)7-11-3-2-4-15(11)18/h5-9,15,26H,2-4H2,1H3/b11-7+/t15-/m1/s1. The third-order valence-corrected chi connectivity index (χ3v) is 4.20. The van der Waals surface area contributed by atoms with Gasteiger partial charge in [0.25, 0.3) is 0 Å². The van der Waals surface area contributed by atoms with Crippen molar-refractivity contribution < 1.29 is 9.50 Å². The Hall–Kier alpha value is -3.23. The van der Waals surface area contributed by atoms with E-state index in [1.54, 1.807) is 25.1 Å². The van der Waals surface area contributed by atoms with Crippen molar-refractivity contribution in [3.8, 4) is 22.8 Å². The van der Waals surface area contributed by atoms with E-state index >= 15 is 0 Å². The number of aryl methyl sites for hydroxylation is 1. The zero-order chi connectivity index (χ0) is 18.1. The third kappa shape index (κ3) is 3.15. The van der Waals surface area contributed by atoms with Gasteiger partial charge in [0.1, 0.15) is 17.6 Å². The summed E-state index contributed by atoms with van der Waals surface area (Å²) in [6, 6.07) is 4.89. The molecule has 4 rings (SSSR count). The van der Waals surface area contributed by atoms with Crippen LogP contribution in [0.25, 0.3) is 23.2 Å². The van der Waals surface area contributed by atoms with Gasteiger partial charge in [0, 0.05) is 6.07 Å². The Morgan fingerprint density at radius 2 is 2.15 bits per heavy atom. The minimum absolute atomic E-state index is 0.0232. The number of aromatic nitrogens is 7. The second kappa shape index (κ2) is 6.58. The maximum atomic E-state index is 13.7. The molecule has 3 aromatic rings. The lowest BCUT2D eigenvalue weighted by Gasteiger charge is -2.05. The summed E-state index contributed by atoms with van der Waals surface area (Å²) in [6.07, 6.45) is 4.47. The van der Waals surface area contributed by atoms with Gasteiger partial charge in [-0.1, -0.05) is 0 Å². The van der Waals surface area contributed by atoms with Crippen molar-refractivity contribution in [2.24, 2.45) is 0 Å². The molecule has 1 aromatic carbocycles. The number of alkyl halides is 1. The number of allylic oxidation sites excluding steroid dienone is 1. The second-order valence-electron chi connectivity index (χ2n) is 6.11. The molecular formula is C17H16FN7O. The van der Waals surface area contributed by atoms with Gasteiger partial charge in [0.15, 0.2) is 11.6 Å². The van der Waals surface area contributed by atoms with Gasteiger partial charge in [0.2, 0.25) is 0 Å². The van der Waals surface area contributed by atoms with Gasteiger partial charge in [-0.05, 0) is 55.2 Å². The summed E-state index contributed by atoms with van der Waals surface area (Å²) in [5, 5.41) is 30.2. The molecule has 1 fully saturated rings. The Balaban J connectivity index is 1.59. The van der Waals surface area contributed by atoms with Crippen LogP contribution in [0.5, 0.6) is 5.75 Å². The fraction of sp³-hybridized carbons (Fsp3) is 0.294. The van der Waals surface area contributed by atoms with Crippen molar-refractivity contribution in [3.05, 3.63) is 41.5 Å². The normalized spacial score (nSPS) is 18.5. The van der Waals surface area contributed by atoms with Gasteiger partial charge < -0.3 is 5.11 Å². The van der Waals surface area contributed by atoms with Crippen molar-refractivity contribution >= 4 is 6.08 Å². The molecule has 9 heteroatoms. The average Bonchev–Trinajstić information content (AvgIpc) is 3.24. The second-order valence-corrected chi connectivity index (χ2v) is 6.11. The first-order chi connectivity index (χ1) is 12.6. The van der Waals surface area contributed by atoms with Crippen molar-refractivity contribution in [3.63, 3.8) is 0 Å². The van der Waals surface area contributed by atoms with Gasteiger partial charge in [0.05, 0.1) is 17.4 Å². The molecule has 0 saturated heterocycles. The maximum absolute atomic E-state index is 13.7. The molecule has 0 unspecified atom stereocenters. The number of hydrogen-bond donors (Lipinski definition) is 1. The van der Waals surface area contributed by atoms with E-state index < -0.39 is 6.17 Å². The van der Waals surface area contributed by atoms with E-state index in [0.29, 0.717) is 29.2 Å². The van der Waals surface area contributed by atoms with Crippen LogP contribution in [0.4, 0.5) is 4.39 Å². The van der Waals surface area contributed by atoms with E-state index in [1.165, 1.54) is 17.1 Å². The highest BCUT2D eigenvalue weighted by Gasteiger charge is 2.20. The number of nitrogens with zero attached hydrogens (tertiary/aromatic N) is 7. The van der Waals surface area contributed by atoms with Crippen LogP contribution in [0.3, 0.4) is 0 Å². The number of aromatic hydroxyl groups is 1. The lowest BCUT2D eigenvalue weighted by atomic mass is 10.1. The molecular weight excluding hydrogens is 337 g/mol. The SMILES string of the molecule is Cc1nnn(-c2ccc(-c3ncc(/C=C4\CCC[C@H]4F)nn3)c(O)c2)n1. The van der Waals surface area contributed by atoms with Crippen molar-refractivity contribution in [1.82, 2.24) is 35.4 Å². The van der Waals surface area contributed by atoms with Crippen molar-refractivity contribution in [1.29, 1.82) is 0 Å². The van der Waals surface area contributed by atoms with Gasteiger partial charge in [-0.25, -0.2) is 9.37 Å². The number of halogens is 1. The highest BCUT2D eigenvalue weighted by atomic mass is 19.1. The van der Waals surface area contributed by atoms with Crippen LogP contribution in [0.15, 0.2) is 30.0 Å². The fourth-order valence-electron chi connectivity index (χ4n) is 2.88. The van der Waals surface area contributed by atoms with Crippen LogP contribution >= 0.6 is 0 Å². The Morgan fingerprint density at radius 3 is 2.77 bits per heavy atom. The highest BCUT2D eigenvalue weighted by Crippen LogP contribution is 2.30. The van der Waals surface area contributed by atoms with Gasteiger partial charge in [-0.15, -0.1) is 25.2 Å². The summed E-state index contributed by atoms with van der Waals surface area (Å²) in [5.41, 5.74) is 2.24. The molecule has 2 heterocycles. The van der Waals surface area contributed by atoms with Crippen LogP contribution < -0.4 is 0 Å². The third-order valence-electron chi connectivity index (χ3n) is 4.20. The molecule has 1 atom stereocenters. The zero-order valence-electron chi connectivity index (χ0n) is 14.0. The van der Waals surface area contributed by atoms with Gasteiger partial charge in [-0.3, -0.25) is 0 Å². The van der Waals surface area contributed by atoms with Gasteiger partial charge in [-0.2, -0.15) is 0 Å². The molecule has 0 spiro atoms. The van der Waals surface area contributed by atoms with E-state index in [1.807, 2.05) is 0 Å². The van der Waals surface area contributed by atoms with E-state index in [4.69, 9.17) is 0 Å². The monoisotopic (exact) mass is 353 g/mol. The summed E-state index contributed by atoms with van der Waals surface area (Å²) in [4.78, 5) is 5.55. The Morgan fingerprint density at radius 1 is 1.27 bits per heavy atom. The molecule has 26 heavy (non-hydrogen) atoms. The molecule has 2 aromatic heterocycles. The first kappa shape index (κ1) is 16.2. The van der Waals surface area contributed by atoms with E-state index in [2.05, 4.69) is 30.6 Å². The predicted octanol–water partition coefficient (Wildman–Crippen LogP) is 2.43. The first-order valence-electron chi connectivity index (χ1n) is 8.25. The van der Waals surface area contributed by atoms with Crippen LogP contribution in [0.1, 0.15) is 30.8 Å². The smallest absolute Gasteiger partial charge is 0.185 e. The lowest BCUT2D eigenvalue weighted by molar-refractivity contribution is 0.391. The first-order valence-corrected chi connectivity index (χ1v) is 8.25. The summed E-state index contributed by atoms with van der Waals surface area (Å²) < 4.78 is 13.7. The molecule has 0 amide bonds. The molecule has 132 valence electrons. The molecule has 0 aliphatic heterocycles. The topological polar surface area (TPSA) is 102 Å². The van der Waals surface area contributed by atoms with E-state index in [0.717, 1.165) is 18.4 Å². The highest BCUT2D eigenvalue weighted by molar-refractivity contribution is 5.65. The lowest BCUT2D eigenvalue weighted by Crippen LogP contribution is -2.00. The number of hydrogen-bond acceptors (Lipinski definition) is 7. The number of rotatable bonds is 3. The zero-order valence-corrected chi connectivity index (χ0v) is 14.0. The number of benzene rings is 1. The predicted molar refractivity (Wildman–Crippen MR) is 91.1 cm³/mol. The maximum Gasteiger partial charge on any atom is 0.185 e. The number of phenols is 1. The molecule has 1 aliphatic rings. The van der Waals surface area contributed by atoms with Crippen LogP contribution in [0.2, 0.25) is 0 Å². The Labute approximate surface area is 148 Å². The van der Waals surface area contributed by atoms with E-state index in [-0.39, 0.29) is 11.6 Å². The van der Waals surface area contributed by atoms with Crippen LogP contribution in [-0.4, -0.2) is 46.7 Å². The number of tetrazole rings is 1. The molecule has 1 aliphatic carbocycles. The van der Waals surface area contributed by atoms with E-state index in [9.17, 15) is 9.50 Å². The van der Waals surface area contributed by atoms with Gasteiger partial charge >= 0.3 is 0 Å². The fourth-order valence-corrected chi connectivity index (χ4v) is 2.88. The van der Waals surface area contributed by atoms with Crippen molar-refractivity contribution in [2.45, 2.75) is 32.4 Å². The molecule has 1 saturated carbocycles. The largest absolute Gasteiger partial charge is 0.507 e. The summed E-state index contributed by atoms with van der Waals surface area (Å²) in [5.74, 6) is 0.788.